The Kier molecular flexibility index (Phi) is 4.93. The number of nitrogens with zero attached hydrogens (tertiary/aromatic N) is 1. The molecule has 124 valence electrons. The maximum atomic E-state index is 12.1. The van der Waals surface area contributed by atoms with E-state index in [-0.39, 0.29) is 17.9 Å². The molecule has 0 bridgehead atoms. The molecule has 1 saturated carbocycles. The number of hydrogen-bond donors (Lipinski definition) is 3. The van der Waals surface area contributed by atoms with Crippen LogP contribution in [0.3, 0.4) is 0 Å². The lowest BCUT2D eigenvalue weighted by molar-refractivity contribution is -0.117. The smallest absolute Gasteiger partial charge is 0.251 e. The molecule has 1 aliphatic carbocycles. The van der Waals surface area contributed by atoms with E-state index in [9.17, 15) is 14.7 Å². The zero-order valence-corrected chi connectivity index (χ0v) is 13.1. The van der Waals surface area contributed by atoms with E-state index in [4.69, 9.17) is 0 Å². The second-order valence-electron chi connectivity index (χ2n) is 6.38. The number of carbonyl (C=O) groups is 2. The molecular formula is C17H23N3O3. The maximum Gasteiger partial charge on any atom is 0.251 e. The third kappa shape index (κ3) is 4.77. The summed E-state index contributed by atoms with van der Waals surface area (Å²) in [5, 5.41) is 15.3. The minimum atomic E-state index is -0.240. The highest BCUT2D eigenvalue weighted by Gasteiger charge is 2.24. The van der Waals surface area contributed by atoms with Gasteiger partial charge in [-0.05, 0) is 43.9 Å². The molecule has 23 heavy (non-hydrogen) atoms. The highest BCUT2D eigenvalue weighted by Crippen LogP contribution is 2.20. The van der Waals surface area contributed by atoms with Gasteiger partial charge in [-0.3, -0.25) is 14.5 Å². The SMILES string of the molecule is O=C(CN1CCC(O)CC1)Nc1cccc(C(=O)NC2CC2)c1. The van der Waals surface area contributed by atoms with Gasteiger partial charge in [0.15, 0.2) is 0 Å². The van der Waals surface area contributed by atoms with Crippen molar-refractivity contribution in [2.45, 2.75) is 37.8 Å². The van der Waals surface area contributed by atoms with Gasteiger partial charge in [-0.1, -0.05) is 6.07 Å². The molecule has 1 aliphatic heterocycles. The Morgan fingerprint density at radius 3 is 2.61 bits per heavy atom. The molecule has 6 nitrogen and oxygen atoms in total. The second-order valence-corrected chi connectivity index (χ2v) is 6.38. The molecule has 3 N–H and O–H groups in total. The summed E-state index contributed by atoms with van der Waals surface area (Å²) in [6, 6.07) is 7.32. The highest BCUT2D eigenvalue weighted by molar-refractivity contribution is 5.97. The third-order valence-electron chi connectivity index (χ3n) is 4.25. The number of hydrogen-bond acceptors (Lipinski definition) is 4. The molecule has 1 heterocycles. The van der Waals surface area contributed by atoms with Crippen molar-refractivity contribution in [3.8, 4) is 0 Å². The molecule has 3 rings (SSSR count). The summed E-state index contributed by atoms with van der Waals surface area (Å²) in [6.07, 6.45) is 3.28. The van der Waals surface area contributed by atoms with Gasteiger partial charge in [0, 0.05) is 30.4 Å². The van der Waals surface area contributed by atoms with Gasteiger partial charge in [0.05, 0.1) is 12.6 Å². The van der Waals surface area contributed by atoms with Crippen LogP contribution >= 0.6 is 0 Å². The van der Waals surface area contributed by atoms with E-state index in [0.29, 0.717) is 36.7 Å². The summed E-state index contributed by atoms with van der Waals surface area (Å²) < 4.78 is 0. The number of benzene rings is 1. The second kappa shape index (κ2) is 7.10. The Labute approximate surface area is 135 Å². The van der Waals surface area contributed by atoms with Crippen LogP contribution in [0.1, 0.15) is 36.0 Å². The van der Waals surface area contributed by atoms with Gasteiger partial charge in [0.2, 0.25) is 5.91 Å². The van der Waals surface area contributed by atoms with Crippen molar-refractivity contribution in [3.63, 3.8) is 0 Å². The van der Waals surface area contributed by atoms with Gasteiger partial charge in [-0.2, -0.15) is 0 Å². The molecule has 2 aliphatic rings. The summed E-state index contributed by atoms with van der Waals surface area (Å²) in [5.74, 6) is -0.185. The molecule has 1 saturated heterocycles. The molecule has 2 fully saturated rings. The Hall–Kier alpha value is -1.92. The quantitative estimate of drug-likeness (QED) is 0.756. The predicted octanol–water partition coefficient (Wildman–Crippen LogP) is 0.974. The first-order chi connectivity index (χ1) is 11.1. The topological polar surface area (TPSA) is 81.7 Å². The van der Waals surface area contributed by atoms with E-state index in [2.05, 4.69) is 10.6 Å². The largest absolute Gasteiger partial charge is 0.393 e. The third-order valence-corrected chi connectivity index (χ3v) is 4.25. The maximum absolute atomic E-state index is 12.1. The number of anilines is 1. The van der Waals surface area contributed by atoms with Crippen molar-refractivity contribution in [1.29, 1.82) is 0 Å². The molecule has 0 spiro atoms. The van der Waals surface area contributed by atoms with Crippen LogP contribution in [0.4, 0.5) is 5.69 Å². The standard InChI is InChI=1S/C17H23N3O3/c21-15-6-8-20(9-7-15)11-16(22)18-14-3-1-2-12(10-14)17(23)19-13-4-5-13/h1-3,10,13,15,21H,4-9,11H2,(H,18,22)(H,19,23). The first-order valence-corrected chi connectivity index (χ1v) is 8.21. The fourth-order valence-electron chi connectivity index (χ4n) is 2.72. The van der Waals surface area contributed by atoms with Crippen molar-refractivity contribution in [2.24, 2.45) is 0 Å². The van der Waals surface area contributed by atoms with E-state index in [1.807, 2.05) is 4.90 Å². The first kappa shape index (κ1) is 16.0. The van der Waals surface area contributed by atoms with Crippen molar-refractivity contribution >= 4 is 17.5 Å². The van der Waals surface area contributed by atoms with E-state index in [0.717, 1.165) is 25.9 Å². The first-order valence-electron chi connectivity index (χ1n) is 8.21. The van der Waals surface area contributed by atoms with Crippen molar-refractivity contribution < 1.29 is 14.7 Å². The molecule has 0 aromatic heterocycles. The Bertz CT molecular complexity index is 578. The molecular weight excluding hydrogens is 294 g/mol. The van der Waals surface area contributed by atoms with Crippen molar-refractivity contribution in [2.75, 3.05) is 25.0 Å². The van der Waals surface area contributed by atoms with Gasteiger partial charge < -0.3 is 15.7 Å². The summed E-state index contributed by atoms with van der Waals surface area (Å²) in [6.45, 7) is 1.78. The van der Waals surface area contributed by atoms with Gasteiger partial charge >= 0.3 is 0 Å². The number of aliphatic hydroxyl groups is 1. The zero-order valence-electron chi connectivity index (χ0n) is 13.1. The number of nitrogens with one attached hydrogen (secondary N) is 2. The monoisotopic (exact) mass is 317 g/mol. The number of amides is 2. The number of aliphatic hydroxyl groups excluding tert-OH is 1. The summed E-state index contributed by atoms with van der Waals surface area (Å²) in [4.78, 5) is 26.2. The molecule has 1 aromatic carbocycles. The van der Waals surface area contributed by atoms with Gasteiger partial charge in [-0.15, -0.1) is 0 Å². The molecule has 1 aromatic rings. The van der Waals surface area contributed by atoms with Crippen molar-refractivity contribution in [3.05, 3.63) is 29.8 Å². The molecule has 0 atom stereocenters. The number of piperidine rings is 1. The number of carbonyl (C=O) groups excluding carboxylic acids is 2. The fraction of sp³-hybridized carbons (Fsp3) is 0.529. The van der Waals surface area contributed by atoms with E-state index in [1.54, 1.807) is 24.3 Å². The van der Waals surface area contributed by atoms with Crippen LogP contribution in [-0.2, 0) is 4.79 Å². The lowest BCUT2D eigenvalue weighted by Crippen LogP contribution is -2.40. The van der Waals surface area contributed by atoms with Crippen LogP contribution in [0.5, 0.6) is 0 Å². The Morgan fingerprint density at radius 1 is 1.17 bits per heavy atom. The minimum Gasteiger partial charge on any atom is -0.393 e. The molecule has 2 amide bonds. The zero-order chi connectivity index (χ0) is 16.2. The molecule has 6 heteroatoms. The van der Waals surface area contributed by atoms with Gasteiger partial charge in [0.1, 0.15) is 0 Å². The summed E-state index contributed by atoms with van der Waals surface area (Å²) >= 11 is 0. The molecule has 0 radical (unpaired) electrons. The van der Waals surface area contributed by atoms with Crippen LogP contribution in [-0.4, -0.2) is 53.6 Å². The fourth-order valence-corrected chi connectivity index (χ4v) is 2.72. The van der Waals surface area contributed by atoms with Gasteiger partial charge in [0.25, 0.3) is 5.91 Å². The normalized spacial score (nSPS) is 19.3. The van der Waals surface area contributed by atoms with Gasteiger partial charge in [-0.25, -0.2) is 0 Å². The van der Waals surface area contributed by atoms with Crippen LogP contribution < -0.4 is 10.6 Å². The van der Waals surface area contributed by atoms with Crippen molar-refractivity contribution in [1.82, 2.24) is 10.2 Å². The predicted molar refractivity (Wildman–Crippen MR) is 87.2 cm³/mol. The van der Waals surface area contributed by atoms with E-state index in [1.165, 1.54) is 0 Å². The number of rotatable bonds is 5. The average molecular weight is 317 g/mol. The van der Waals surface area contributed by atoms with Crippen LogP contribution in [0.15, 0.2) is 24.3 Å². The summed E-state index contributed by atoms with van der Waals surface area (Å²) in [5.41, 5.74) is 1.20. The van der Waals surface area contributed by atoms with E-state index < -0.39 is 0 Å². The molecule has 0 unspecified atom stereocenters. The lowest BCUT2D eigenvalue weighted by atomic mass is 10.1. The Morgan fingerprint density at radius 2 is 1.91 bits per heavy atom. The highest BCUT2D eigenvalue weighted by atomic mass is 16.3. The minimum absolute atomic E-state index is 0.0892. The number of likely N-dealkylation sites (tertiary alicyclic amines) is 1. The van der Waals surface area contributed by atoms with E-state index >= 15 is 0 Å². The van der Waals surface area contributed by atoms with Crippen LogP contribution in [0, 0.1) is 0 Å². The van der Waals surface area contributed by atoms with Crippen LogP contribution in [0.25, 0.3) is 0 Å². The summed E-state index contributed by atoms with van der Waals surface area (Å²) in [7, 11) is 0. The lowest BCUT2D eigenvalue weighted by Gasteiger charge is -2.28. The van der Waals surface area contributed by atoms with Crippen LogP contribution in [0.2, 0.25) is 0 Å². The average Bonchev–Trinajstić information content (AvgIpc) is 3.34. The Balaban J connectivity index is 1.52.